The Balaban J connectivity index is 1.71. The first-order valence-corrected chi connectivity index (χ1v) is 7.41. The van der Waals surface area contributed by atoms with Gasteiger partial charge in [0, 0.05) is 24.4 Å². The van der Waals surface area contributed by atoms with E-state index in [4.69, 9.17) is 10.3 Å². The Labute approximate surface area is 140 Å². The third-order valence-electron chi connectivity index (χ3n) is 3.79. The summed E-state index contributed by atoms with van der Waals surface area (Å²) in [5.41, 5.74) is 5.44. The number of carbonyl (C=O) groups is 2. The Bertz CT molecular complexity index is 817. The highest BCUT2D eigenvalue weighted by molar-refractivity contribution is 5.90. The van der Waals surface area contributed by atoms with Gasteiger partial charge < -0.3 is 20.5 Å². The lowest BCUT2D eigenvalue weighted by atomic mass is 10.2. The highest BCUT2D eigenvalue weighted by atomic mass is 16.6. The number of non-ortho nitro benzene ring substituents is 1. The summed E-state index contributed by atoms with van der Waals surface area (Å²) in [7, 11) is 0. The maximum absolute atomic E-state index is 12.5. The summed E-state index contributed by atoms with van der Waals surface area (Å²) in [5.74, 6) is -0.905. The van der Waals surface area contributed by atoms with Gasteiger partial charge in [-0.15, -0.1) is 0 Å². The van der Waals surface area contributed by atoms with Crippen molar-refractivity contribution in [2.24, 2.45) is 5.73 Å². The van der Waals surface area contributed by atoms with Crippen LogP contribution in [0, 0.1) is 10.1 Å². The number of carbonyl (C=O) groups excluding carboxylic acids is 2. The Hall–Kier alpha value is -3.50. The van der Waals surface area contributed by atoms with Crippen molar-refractivity contribution in [1.82, 2.24) is 15.0 Å². The zero-order valence-electron chi connectivity index (χ0n) is 12.9. The van der Waals surface area contributed by atoms with E-state index in [1.165, 1.54) is 29.2 Å². The Morgan fingerprint density at radius 1 is 1.36 bits per heavy atom. The number of likely N-dealkylation sites (tertiary alicyclic amines) is 1. The number of rotatable bonds is 4. The molecule has 2 heterocycles. The number of nitro groups is 1. The second-order valence-electron chi connectivity index (χ2n) is 5.41. The molecule has 130 valence electrons. The van der Waals surface area contributed by atoms with E-state index in [0.29, 0.717) is 18.7 Å². The number of urea groups is 1. The summed E-state index contributed by atoms with van der Waals surface area (Å²) in [6.07, 6.45) is 1.33. The molecule has 3 amide bonds. The third-order valence-corrected chi connectivity index (χ3v) is 3.79. The highest BCUT2D eigenvalue weighted by Gasteiger charge is 2.34. The number of benzene rings is 1. The minimum atomic E-state index is -0.810. The zero-order valence-corrected chi connectivity index (χ0v) is 12.9. The molecule has 0 spiro atoms. The van der Waals surface area contributed by atoms with Gasteiger partial charge in [-0.25, -0.2) is 4.79 Å². The van der Waals surface area contributed by atoms with Crippen molar-refractivity contribution in [3.05, 3.63) is 46.1 Å². The molecule has 1 unspecified atom stereocenters. The number of hydrogen-bond donors (Lipinski definition) is 2. The number of hydrogen-bond acceptors (Lipinski definition) is 7. The van der Waals surface area contributed by atoms with Gasteiger partial charge in [-0.05, 0) is 25.0 Å². The lowest BCUT2D eigenvalue weighted by molar-refractivity contribution is -0.384. The van der Waals surface area contributed by atoms with E-state index >= 15 is 0 Å². The molecule has 11 heteroatoms. The molecule has 0 saturated carbocycles. The van der Waals surface area contributed by atoms with Crippen LogP contribution in [0.3, 0.4) is 0 Å². The lowest BCUT2D eigenvalue weighted by Crippen LogP contribution is -2.34. The van der Waals surface area contributed by atoms with Gasteiger partial charge in [-0.2, -0.15) is 4.98 Å². The van der Waals surface area contributed by atoms with E-state index in [2.05, 4.69) is 15.5 Å². The average Bonchev–Trinajstić information content (AvgIpc) is 3.24. The van der Waals surface area contributed by atoms with Crippen LogP contribution < -0.4 is 11.1 Å². The van der Waals surface area contributed by atoms with E-state index < -0.39 is 22.9 Å². The summed E-state index contributed by atoms with van der Waals surface area (Å²) in [6.45, 7) is 0.470. The number of nitro benzene ring substituents is 1. The molecule has 0 aliphatic carbocycles. The molecule has 0 radical (unpaired) electrons. The normalized spacial score (nSPS) is 16.6. The molecule has 1 fully saturated rings. The van der Waals surface area contributed by atoms with Gasteiger partial charge in [0.05, 0.1) is 4.92 Å². The van der Waals surface area contributed by atoms with E-state index in [9.17, 15) is 19.7 Å². The van der Waals surface area contributed by atoms with Crippen molar-refractivity contribution < 1.29 is 19.0 Å². The Morgan fingerprint density at radius 3 is 2.68 bits per heavy atom. The molecule has 3 rings (SSSR count). The standard InChI is InChI=1S/C14H14N6O5/c15-11(21)12-17-13(25-18-12)10-2-1-7-19(10)14(22)16-8-3-5-9(6-4-8)20(23)24/h3-6,10H,1-2,7H2,(H2,15,21)(H,16,22). The number of nitrogens with one attached hydrogen (secondary N) is 1. The average molecular weight is 346 g/mol. The van der Waals surface area contributed by atoms with Crippen molar-refractivity contribution in [2.75, 3.05) is 11.9 Å². The van der Waals surface area contributed by atoms with Crippen LogP contribution in [-0.2, 0) is 0 Å². The summed E-state index contributed by atoms with van der Waals surface area (Å²) in [5, 5.41) is 16.8. The first-order valence-electron chi connectivity index (χ1n) is 7.41. The minimum absolute atomic E-state index is 0.0677. The van der Waals surface area contributed by atoms with Gasteiger partial charge >= 0.3 is 6.03 Å². The van der Waals surface area contributed by atoms with Crippen LogP contribution in [0.1, 0.15) is 35.4 Å². The van der Waals surface area contributed by atoms with Crippen LogP contribution in [0.5, 0.6) is 0 Å². The van der Waals surface area contributed by atoms with Crippen LogP contribution in [0.25, 0.3) is 0 Å². The van der Waals surface area contributed by atoms with Gasteiger partial charge in [-0.1, -0.05) is 5.16 Å². The Kier molecular flexibility index (Phi) is 4.29. The van der Waals surface area contributed by atoms with E-state index in [1.54, 1.807) is 0 Å². The van der Waals surface area contributed by atoms with Crippen LogP contribution in [0.15, 0.2) is 28.8 Å². The number of aromatic nitrogens is 2. The molecular formula is C14H14N6O5. The summed E-state index contributed by atoms with van der Waals surface area (Å²) in [6, 6.07) is 4.62. The SMILES string of the molecule is NC(=O)c1noc(C2CCCN2C(=O)Nc2ccc([N+](=O)[O-])cc2)n1. The van der Waals surface area contributed by atoms with Crippen molar-refractivity contribution in [2.45, 2.75) is 18.9 Å². The zero-order chi connectivity index (χ0) is 18.0. The lowest BCUT2D eigenvalue weighted by Gasteiger charge is -2.22. The van der Waals surface area contributed by atoms with Crippen molar-refractivity contribution in [1.29, 1.82) is 0 Å². The molecule has 2 aromatic rings. The fourth-order valence-corrected chi connectivity index (χ4v) is 2.60. The molecule has 25 heavy (non-hydrogen) atoms. The highest BCUT2D eigenvalue weighted by Crippen LogP contribution is 2.31. The van der Waals surface area contributed by atoms with Gasteiger partial charge in [0.2, 0.25) is 5.89 Å². The van der Waals surface area contributed by atoms with Crippen LogP contribution in [-0.4, -0.2) is 38.4 Å². The summed E-state index contributed by atoms with van der Waals surface area (Å²) >= 11 is 0. The van der Waals surface area contributed by atoms with Gasteiger partial charge in [0.1, 0.15) is 6.04 Å². The van der Waals surface area contributed by atoms with E-state index in [-0.39, 0.29) is 17.4 Å². The monoisotopic (exact) mass is 346 g/mol. The second-order valence-corrected chi connectivity index (χ2v) is 5.41. The number of amides is 3. The van der Waals surface area contributed by atoms with Crippen molar-refractivity contribution in [3.63, 3.8) is 0 Å². The number of nitrogens with two attached hydrogens (primary N) is 1. The Morgan fingerprint density at radius 2 is 2.08 bits per heavy atom. The number of primary amides is 1. The largest absolute Gasteiger partial charge is 0.363 e. The van der Waals surface area contributed by atoms with E-state index in [0.717, 1.165) is 6.42 Å². The van der Waals surface area contributed by atoms with E-state index in [1.807, 2.05) is 0 Å². The van der Waals surface area contributed by atoms with Gasteiger partial charge in [0.15, 0.2) is 0 Å². The quantitative estimate of drug-likeness (QED) is 0.626. The molecule has 1 atom stereocenters. The maximum atomic E-state index is 12.5. The second kappa shape index (κ2) is 6.55. The fourth-order valence-electron chi connectivity index (χ4n) is 2.60. The van der Waals surface area contributed by atoms with Crippen LogP contribution in [0.2, 0.25) is 0 Å². The first-order chi connectivity index (χ1) is 12.0. The summed E-state index contributed by atoms with van der Waals surface area (Å²) < 4.78 is 5.02. The molecule has 11 nitrogen and oxygen atoms in total. The van der Waals surface area contributed by atoms with Crippen LogP contribution >= 0.6 is 0 Å². The molecule has 1 aliphatic heterocycles. The molecular weight excluding hydrogens is 332 g/mol. The maximum Gasteiger partial charge on any atom is 0.322 e. The molecule has 1 aromatic carbocycles. The smallest absolute Gasteiger partial charge is 0.322 e. The predicted octanol–water partition coefficient (Wildman–Crippen LogP) is 1.45. The predicted molar refractivity (Wildman–Crippen MR) is 83.6 cm³/mol. The van der Waals surface area contributed by atoms with Gasteiger partial charge in [0.25, 0.3) is 17.4 Å². The van der Waals surface area contributed by atoms with Crippen molar-refractivity contribution >= 4 is 23.3 Å². The minimum Gasteiger partial charge on any atom is -0.363 e. The first kappa shape index (κ1) is 16.4. The molecule has 0 bridgehead atoms. The summed E-state index contributed by atoms with van der Waals surface area (Å²) in [4.78, 5) is 39.1. The molecule has 1 aliphatic rings. The topological polar surface area (TPSA) is 157 Å². The van der Waals surface area contributed by atoms with Gasteiger partial charge in [-0.3, -0.25) is 14.9 Å². The fraction of sp³-hybridized carbons (Fsp3) is 0.286. The number of anilines is 1. The van der Waals surface area contributed by atoms with Crippen LogP contribution in [0.4, 0.5) is 16.2 Å². The number of nitrogens with zero attached hydrogens (tertiary/aromatic N) is 4. The molecule has 1 saturated heterocycles. The molecule has 3 N–H and O–H groups in total. The third kappa shape index (κ3) is 3.39. The van der Waals surface area contributed by atoms with Crippen molar-refractivity contribution in [3.8, 4) is 0 Å². The molecule has 1 aromatic heterocycles.